The van der Waals surface area contributed by atoms with Crippen molar-refractivity contribution in [3.63, 3.8) is 0 Å². The van der Waals surface area contributed by atoms with Gasteiger partial charge in [-0.05, 0) is 36.8 Å². The lowest BCUT2D eigenvalue weighted by atomic mass is 9.91. The van der Waals surface area contributed by atoms with E-state index in [9.17, 15) is 0 Å². The fraction of sp³-hybridized carbons (Fsp3) is 0.857. The number of unbranched alkanes of at least 4 members (excludes halogenated alkanes) is 10. The lowest BCUT2D eigenvalue weighted by Gasteiger charge is -2.16. The average molecular weight is 421 g/mol. The van der Waals surface area contributed by atoms with E-state index in [2.05, 4.69) is 51.2 Å². The monoisotopic (exact) mass is 420 g/mol. The molecule has 1 rings (SSSR count). The fourth-order valence-corrected chi connectivity index (χ4v) is 5.83. The minimum Gasteiger partial charge on any atom is -0.145 e. The van der Waals surface area contributed by atoms with Gasteiger partial charge in [-0.15, -0.1) is 11.3 Å². The molecule has 29 heavy (non-hydrogen) atoms. The van der Waals surface area contributed by atoms with Crippen LogP contribution in [-0.4, -0.2) is 0 Å². The van der Waals surface area contributed by atoms with Gasteiger partial charge in [-0.2, -0.15) is 0 Å². The summed E-state index contributed by atoms with van der Waals surface area (Å²) in [7, 11) is 0. The summed E-state index contributed by atoms with van der Waals surface area (Å²) in [4.78, 5) is 3.29. The highest BCUT2D eigenvalue weighted by Gasteiger charge is 2.13. The molecule has 0 nitrogen and oxygen atoms in total. The molecule has 0 N–H and O–H groups in total. The average Bonchev–Trinajstić information content (AvgIpc) is 3.14. The molecule has 0 aromatic carbocycles. The topological polar surface area (TPSA) is 0 Å². The van der Waals surface area contributed by atoms with Crippen molar-refractivity contribution in [3.05, 3.63) is 21.9 Å². The summed E-state index contributed by atoms with van der Waals surface area (Å²) in [6, 6.07) is 4.90. The Morgan fingerprint density at radius 2 is 1.03 bits per heavy atom. The van der Waals surface area contributed by atoms with Crippen LogP contribution in [0.25, 0.3) is 0 Å². The summed E-state index contributed by atoms with van der Waals surface area (Å²) < 4.78 is 0. The van der Waals surface area contributed by atoms with Gasteiger partial charge in [0.15, 0.2) is 0 Å². The van der Waals surface area contributed by atoms with Crippen molar-refractivity contribution >= 4 is 11.3 Å². The van der Waals surface area contributed by atoms with Gasteiger partial charge in [0.1, 0.15) is 0 Å². The second-order valence-corrected chi connectivity index (χ2v) is 10.9. The molecular weight excluding hydrogens is 368 g/mol. The van der Waals surface area contributed by atoms with E-state index in [1.54, 1.807) is 9.75 Å². The Balaban J connectivity index is 2.41. The van der Waals surface area contributed by atoms with Crippen molar-refractivity contribution in [1.29, 1.82) is 0 Å². The molecule has 0 radical (unpaired) electrons. The van der Waals surface area contributed by atoms with Crippen molar-refractivity contribution in [3.8, 4) is 0 Å². The summed E-state index contributed by atoms with van der Waals surface area (Å²) in [5.74, 6) is 1.77. The van der Waals surface area contributed by atoms with Gasteiger partial charge < -0.3 is 0 Å². The predicted molar refractivity (Wildman–Crippen MR) is 135 cm³/mol. The number of rotatable bonds is 20. The van der Waals surface area contributed by atoms with Crippen LogP contribution in [-0.2, 0) is 12.8 Å². The molecule has 2 atom stereocenters. The molecular formula is C28H52S. The molecule has 0 fully saturated rings. The van der Waals surface area contributed by atoms with Crippen LogP contribution in [0, 0.1) is 11.8 Å². The standard InChI is InChI=1S/C28H52S/c1-5-8-11-14-17-20-26(19-16-13-10-7-3)24-28-22-21-27(29-28)23-25(4)18-15-12-9-6-2/h21-22,25-26H,5-20,23-24H2,1-4H3. The number of hydrogen-bond acceptors (Lipinski definition) is 1. The quantitative estimate of drug-likeness (QED) is 0.184. The van der Waals surface area contributed by atoms with Gasteiger partial charge in [-0.3, -0.25) is 0 Å². The summed E-state index contributed by atoms with van der Waals surface area (Å²) in [5, 5.41) is 0. The van der Waals surface area contributed by atoms with Crippen LogP contribution in [0.15, 0.2) is 12.1 Å². The van der Waals surface area contributed by atoms with Crippen LogP contribution in [0.4, 0.5) is 0 Å². The first kappa shape index (κ1) is 26.7. The summed E-state index contributed by atoms with van der Waals surface area (Å²) in [6.07, 6.45) is 25.3. The molecule has 0 aliphatic heterocycles. The second-order valence-electron chi connectivity index (χ2n) is 9.65. The molecule has 0 aliphatic carbocycles. The zero-order chi connectivity index (χ0) is 21.2. The normalized spacial score (nSPS) is 13.7. The third-order valence-electron chi connectivity index (χ3n) is 6.49. The van der Waals surface area contributed by atoms with E-state index in [4.69, 9.17) is 0 Å². The molecule has 170 valence electrons. The predicted octanol–water partition coefficient (Wildman–Crippen LogP) is 10.4. The van der Waals surface area contributed by atoms with E-state index in [0.717, 1.165) is 11.8 Å². The minimum absolute atomic E-state index is 0.849. The molecule has 1 aromatic heterocycles. The lowest BCUT2D eigenvalue weighted by molar-refractivity contribution is 0.405. The third kappa shape index (κ3) is 14.4. The van der Waals surface area contributed by atoms with Crippen LogP contribution >= 0.6 is 11.3 Å². The molecule has 0 bridgehead atoms. The lowest BCUT2D eigenvalue weighted by Crippen LogP contribution is -2.04. The zero-order valence-electron chi connectivity index (χ0n) is 20.4. The van der Waals surface area contributed by atoms with Gasteiger partial charge in [-0.1, -0.05) is 130 Å². The maximum Gasteiger partial charge on any atom is 0.00509 e. The smallest absolute Gasteiger partial charge is 0.00509 e. The minimum atomic E-state index is 0.849. The van der Waals surface area contributed by atoms with Gasteiger partial charge >= 0.3 is 0 Å². The maximum absolute atomic E-state index is 2.46. The Labute approximate surface area is 188 Å². The second kappa shape index (κ2) is 18.5. The van der Waals surface area contributed by atoms with E-state index < -0.39 is 0 Å². The molecule has 0 aliphatic rings. The Morgan fingerprint density at radius 1 is 0.586 bits per heavy atom. The maximum atomic E-state index is 2.46. The fourth-order valence-electron chi connectivity index (χ4n) is 4.54. The largest absolute Gasteiger partial charge is 0.145 e. The van der Waals surface area contributed by atoms with E-state index >= 15 is 0 Å². The van der Waals surface area contributed by atoms with Crippen molar-refractivity contribution in [2.45, 2.75) is 143 Å². The molecule has 2 unspecified atom stereocenters. The van der Waals surface area contributed by atoms with E-state index in [0.29, 0.717) is 0 Å². The van der Waals surface area contributed by atoms with Gasteiger partial charge in [0.05, 0.1) is 0 Å². The first-order valence-corrected chi connectivity index (χ1v) is 14.1. The van der Waals surface area contributed by atoms with Crippen molar-refractivity contribution in [2.24, 2.45) is 11.8 Å². The Kier molecular flexibility index (Phi) is 17.0. The van der Waals surface area contributed by atoms with Gasteiger partial charge in [-0.25, -0.2) is 0 Å². The molecule has 0 saturated heterocycles. The van der Waals surface area contributed by atoms with Gasteiger partial charge in [0, 0.05) is 9.75 Å². The summed E-state index contributed by atoms with van der Waals surface area (Å²) in [5.41, 5.74) is 0. The number of thiophene rings is 1. The molecule has 0 spiro atoms. The Bertz CT molecular complexity index is 461. The van der Waals surface area contributed by atoms with Crippen molar-refractivity contribution in [2.75, 3.05) is 0 Å². The summed E-state index contributed by atoms with van der Waals surface area (Å²) in [6.45, 7) is 9.40. The highest BCUT2D eigenvalue weighted by Crippen LogP contribution is 2.28. The van der Waals surface area contributed by atoms with Crippen molar-refractivity contribution in [1.82, 2.24) is 0 Å². The summed E-state index contributed by atoms with van der Waals surface area (Å²) >= 11 is 2.12. The van der Waals surface area contributed by atoms with Crippen LogP contribution in [0.3, 0.4) is 0 Å². The first-order valence-electron chi connectivity index (χ1n) is 13.3. The van der Waals surface area contributed by atoms with Crippen LogP contribution in [0.2, 0.25) is 0 Å². The van der Waals surface area contributed by atoms with E-state index in [1.165, 1.54) is 116 Å². The highest BCUT2D eigenvalue weighted by atomic mass is 32.1. The zero-order valence-corrected chi connectivity index (χ0v) is 21.3. The number of hydrogen-bond donors (Lipinski definition) is 0. The van der Waals surface area contributed by atoms with Gasteiger partial charge in [0.2, 0.25) is 0 Å². The highest BCUT2D eigenvalue weighted by molar-refractivity contribution is 7.12. The molecule has 0 saturated carbocycles. The van der Waals surface area contributed by atoms with E-state index in [-0.39, 0.29) is 0 Å². The third-order valence-corrected chi connectivity index (χ3v) is 7.62. The molecule has 1 heteroatoms. The SMILES string of the molecule is CCCCCCCC(CCCCCC)Cc1ccc(CC(C)CCCCCC)s1. The molecule has 1 heterocycles. The Morgan fingerprint density at radius 3 is 1.59 bits per heavy atom. The van der Waals surface area contributed by atoms with Crippen LogP contribution in [0.5, 0.6) is 0 Å². The van der Waals surface area contributed by atoms with Crippen LogP contribution in [0.1, 0.15) is 140 Å². The van der Waals surface area contributed by atoms with Gasteiger partial charge in [0.25, 0.3) is 0 Å². The molecule has 1 aromatic rings. The van der Waals surface area contributed by atoms with Crippen molar-refractivity contribution < 1.29 is 0 Å². The van der Waals surface area contributed by atoms with E-state index in [1.807, 2.05) is 0 Å². The Hall–Kier alpha value is -0.300. The molecule has 0 amide bonds. The van der Waals surface area contributed by atoms with Crippen LogP contribution < -0.4 is 0 Å². The first-order chi connectivity index (χ1) is 14.2.